The van der Waals surface area contributed by atoms with Crippen LogP contribution in [-0.2, 0) is 4.79 Å². The van der Waals surface area contributed by atoms with Gasteiger partial charge in [0.25, 0.3) is 0 Å². The molecule has 0 aliphatic carbocycles. The van der Waals surface area contributed by atoms with E-state index in [1.807, 2.05) is 0 Å². The molecule has 0 unspecified atom stereocenters. The number of hydrogen-bond donors (Lipinski definition) is 2. The summed E-state index contributed by atoms with van der Waals surface area (Å²) in [6.45, 7) is -0.136. The van der Waals surface area contributed by atoms with Crippen LogP contribution in [0, 0.1) is 5.82 Å². The largest absolute Gasteiger partial charge is 0.324 e. The number of nitrogens with one attached hydrogen (secondary N) is 1. The third-order valence-corrected chi connectivity index (χ3v) is 2.18. The highest BCUT2D eigenvalue weighted by Gasteiger charge is 2.06. The van der Waals surface area contributed by atoms with Gasteiger partial charge in [-0.3, -0.25) is 9.78 Å². The number of aromatic nitrogens is 1. The molecule has 0 aliphatic heterocycles. The molecule has 82 valence electrons. The van der Waals surface area contributed by atoms with Crippen molar-refractivity contribution >= 4 is 22.4 Å². The molecule has 0 aliphatic rings. The number of benzene rings is 1. The molecule has 0 spiro atoms. The topological polar surface area (TPSA) is 68.0 Å². The molecular weight excluding hydrogens is 209 g/mol. The Labute approximate surface area is 91.3 Å². The summed E-state index contributed by atoms with van der Waals surface area (Å²) < 4.78 is 13.2. The van der Waals surface area contributed by atoms with Crippen LogP contribution >= 0.6 is 0 Å². The average Bonchev–Trinajstić information content (AvgIpc) is 2.28. The Morgan fingerprint density at radius 1 is 1.50 bits per heavy atom. The third kappa shape index (κ3) is 1.99. The molecule has 1 aromatic heterocycles. The maximum atomic E-state index is 13.2. The Morgan fingerprint density at radius 3 is 3.06 bits per heavy atom. The van der Waals surface area contributed by atoms with E-state index in [0.717, 1.165) is 5.39 Å². The Hall–Kier alpha value is -2.01. The van der Waals surface area contributed by atoms with Crippen LogP contribution in [0.1, 0.15) is 0 Å². The lowest BCUT2D eigenvalue weighted by atomic mass is 10.1. The zero-order valence-corrected chi connectivity index (χ0v) is 8.40. The van der Waals surface area contributed by atoms with Crippen molar-refractivity contribution < 1.29 is 9.18 Å². The SMILES string of the molecule is NCC(=O)Nc1cc(F)cc2cnccc12. The lowest BCUT2D eigenvalue weighted by Crippen LogP contribution is -2.22. The van der Waals surface area contributed by atoms with E-state index in [9.17, 15) is 9.18 Å². The Balaban J connectivity index is 2.54. The van der Waals surface area contributed by atoms with Crippen LogP contribution in [-0.4, -0.2) is 17.4 Å². The molecule has 0 radical (unpaired) electrons. The molecule has 2 rings (SSSR count). The maximum Gasteiger partial charge on any atom is 0.238 e. The van der Waals surface area contributed by atoms with E-state index in [1.54, 1.807) is 12.3 Å². The van der Waals surface area contributed by atoms with Gasteiger partial charge in [0.2, 0.25) is 5.91 Å². The molecule has 1 heterocycles. The van der Waals surface area contributed by atoms with Gasteiger partial charge in [0.15, 0.2) is 0 Å². The summed E-state index contributed by atoms with van der Waals surface area (Å²) in [7, 11) is 0. The van der Waals surface area contributed by atoms with Crippen LogP contribution in [0.3, 0.4) is 0 Å². The van der Waals surface area contributed by atoms with Crippen molar-refractivity contribution in [1.82, 2.24) is 4.98 Å². The molecule has 0 atom stereocenters. The monoisotopic (exact) mass is 219 g/mol. The number of nitrogens with zero attached hydrogens (tertiary/aromatic N) is 1. The van der Waals surface area contributed by atoms with Crippen molar-refractivity contribution in [2.24, 2.45) is 5.73 Å². The van der Waals surface area contributed by atoms with Crippen molar-refractivity contribution in [3.8, 4) is 0 Å². The Bertz CT molecular complexity index is 542. The van der Waals surface area contributed by atoms with Gasteiger partial charge in [0.1, 0.15) is 5.82 Å². The standard InChI is InChI=1S/C11H10FN3O/c12-8-3-7-6-14-2-1-9(7)10(4-8)15-11(16)5-13/h1-4,6H,5,13H2,(H,15,16). The summed E-state index contributed by atoms with van der Waals surface area (Å²) in [5.74, 6) is -0.781. The van der Waals surface area contributed by atoms with Gasteiger partial charge in [0, 0.05) is 23.2 Å². The molecule has 3 N–H and O–H groups in total. The molecule has 16 heavy (non-hydrogen) atoms. The summed E-state index contributed by atoms with van der Waals surface area (Å²) in [6, 6.07) is 4.33. The van der Waals surface area contributed by atoms with E-state index in [0.29, 0.717) is 11.1 Å². The molecule has 5 heteroatoms. The van der Waals surface area contributed by atoms with Gasteiger partial charge in [-0.05, 0) is 18.2 Å². The van der Waals surface area contributed by atoms with Gasteiger partial charge in [-0.2, -0.15) is 0 Å². The van der Waals surface area contributed by atoms with Crippen LogP contribution in [0.25, 0.3) is 10.8 Å². The average molecular weight is 219 g/mol. The fraction of sp³-hybridized carbons (Fsp3) is 0.0909. The predicted octanol–water partition coefficient (Wildman–Crippen LogP) is 1.27. The lowest BCUT2D eigenvalue weighted by molar-refractivity contribution is -0.114. The van der Waals surface area contributed by atoms with Gasteiger partial charge in [0.05, 0.1) is 12.2 Å². The normalized spacial score (nSPS) is 10.4. The molecule has 2 aromatic rings. The second kappa shape index (κ2) is 4.24. The number of amides is 1. The predicted molar refractivity (Wildman–Crippen MR) is 59.4 cm³/mol. The van der Waals surface area contributed by atoms with Gasteiger partial charge >= 0.3 is 0 Å². The van der Waals surface area contributed by atoms with E-state index >= 15 is 0 Å². The highest BCUT2D eigenvalue weighted by Crippen LogP contribution is 2.23. The number of pyridine rings is 1. The first-order chi connectivity index (χ1) is 7.70. The van der Waals surface area contributed by atoms with Crippen molar-refractivity contribution in [3.05, 3.63) is 36.4 Å². The summed E-state index contributed by atoms with van der Waals surface area (Å²) in [5, 5.41) is 3.91. The number of halogens is 1. The Morgan fingerprint density at radius 2 is 2.31 bits per heavy atom. The molecule has 0 bridgehead atoms. The fourth-order valence-corrected chi connectivity index (χ4v) is 1.48. The number of rotatable bonds is 2. The Kier molecular flexibility index (Phi) is 2.78. The highest BCUT2D eigenvalue weighted by atomic mass is 19.1. The number of hydrogen-bond acceptors (Lipinski definition) is 3. The molecule has 1 aromatic carbocycles. The van der Waals surface area contributed by atoms with Crippen molar-refractivity contribution in [2.45, 2.75) is 0 Å². The molecule has 4 nitrogen and oxygen atoms in total. The van der Waals surface area contributed by atoms with E-state index in [2.05, 4.69) is 10.3 Å². The number of carbonyl (C=O) groups excluding carboxylic acids is 1. The van der Waals surface area contributed by atoms with E-state index in [1.165, 1.54) is 18.3 Å². The lowest BCUT2D eigenvalue weighted by Gasteiger charge is -2.07. The van der Waals surface area contributed by atoms with Crippen molar-refractivity contribution in [2.75, 3.05) is 11.9 Å². The molecule has 0 fully saturated rings. The number of anilines is 1. The summed E-state index contributed by atoms with van der Waals surface area (Å²) >= 11 is 0. The highest BCUT2D eigenvalue weighted by molar-refractivity contribution is 6.02. The quantitative estimate of drug-likeness (QED) is 0.799. The number of nitrogens with two attached hydrogens (primary N) is 1. The number of fused-ring (bicyclic) bond motifs is 1. The van der Waals surface area contributed by atoms with Crippen LogP contribution < -0.4 is 11.1 Å². The third-order valence-electron chi connectivity index (χ3n) is 2.18. The summed E-state index contributed by atoms with van der Waals surface area (Å²) in [4.78, 5) is 15.1. The van der Waals surface area contributed by atoms with Crippen molar-refractivity contribution in [1.29, 1.82) is 0 Å². The van der Waals surface area contributed by atoms with E-state index in [4.69, 9.17) is 5.73 Å². The minimum Gasteiger partial charge on any atom is -0.324 e. The van der Waals surface area contributed by atoms with E-state index in [-0.39, 0.29) is 12.5 Å². The summed E-state index contributed by atoms with van der Waals surface area (Å²) in [6.07, 6.45) is 3.12. The van der Waals surface area contributed by atoms with Gasteiger partial charge in [-0.25, -0.2) is 4.39 Å². The van der Waals surface area contributed by atoms with Gasteiger partial charge < -0.3 is 11.1 Å². The van der Waals surface area contributed by atoms with Crippen LogP contribution in [0.2, 0.25) is 0 Å². The molecule has 1 amide bonds. The first kappa shape index (κ1) is 10.5. The minimum atomic E-state index is -0.423. The van der Waals surface area contributed by atoms with Crippen LogP contribution in [0.15, 0.2) is 30.6 Å². The summed E-state index contributed by atoms with van der Waals surface area (Å²) in [5.41, 5.74) is 5.59. The minimum absolute atomic E-state index is 0.136. The zero-order chi connectivity index (χ0) is 11.5. The van der Waals surface area contributed by atoms with Crippen LogP contribution in [0.4, 0.5) is 10.1 Å². The maximum absolute atomic E-state index is 13.2. The van der Waals surface area contributed by atoms with Crippen LogP contribution in [0.5, 0.6) is 0 Å². The van der Waals surface area contributed by atoms with Crippen molar-refractivity contribution in [3.63, 3.8) is 0 Å². The second-order valence-electron chi connectivity index (χ2n) is 3.30. The smallest absolute Gasteiger partial charge is 0.238 e. The first-order valence-corrected chi connectivity index (χ1v) is 4.74. The molecular formula is C11H10FN3O. The van der Waals surface area contributed by atoms with Gasteiger partial charge in [-0.15, -0.1) is 0 Å². The zero-order valence-electron chi connectivity index (χ0n) is 8.40. The second-order valence-corrected chi connectivity index (χ2v) is 3.30. The molecule has 0 saturated heterocycles. The van der Waals surface area contributed by atoms with Gasteiger partial charge in [-0.1, -0.05) is 0 Å². The number of carbonyl (C=O) groups is 1. The first-order valence-electron chi connectivity index (χ1n) is 4.74. The van der Waals surface area contributed by atoms with E-state index < -0.39 is 5.82 Å². The molecule has 0 saturated carbocycles. The fourth-order valence-electron chi connectivity index (χ4n) is 1.48.